The Hall–Kier alpha value is -2.71. The summed E-state index contributed by atoms with van der Waals surface area (Å²) in [5.41, 5.74) is 5.32. The Labute approximate surface area is 181 Å². The highest BCUT2D eigenvalue weighted by Gasteiger charge is 2.41. The summed E-state index contributed by atoms with van der Waals surface area (Å²) < 4.78 is 0. The molecule has 8 heteroatoms. The summed E-state index contributed by atoms with van der Waals surface area (Å²) in [6.07, 6.45) is 3.06. The fourth-order valence-electron chi connectivity index (χ4n) is 4.49. The number of anilines is 4. The molecule has 0 saturated carbocycles. The van der Waals surface area contributed by atoms with Crippen molar-refractivity contribution in [2.24, 2.45) is 0 Å². The third-order valence-electron chi connectivity index (χ3n) is 6.07. The first-order valence-corrected chi connectivity index (χ1v) is 11.2. The van der Waals surface area contributed by atoms with E-state index in [1.54, 1.807) is 17.5 Å². The minimum atomic E-state index is 0.584. The molecular formula is C22H27N7S. The van der Waals surface area contributed by atoms with Crippen molar-refractivity contribution in [1.29, 1.82) is 0 Å². The van der Waals surface area contributed by atoms with E-state index in [0.717, 1.165) is 35.3 Å². The number of piperazine rings is 1. The van der Waals surface area contributed by atoms with Crippen LogP contribution in [0.4, 0.5) is 22.5 Å². The average Bonchev–Trinajstić information content (AvgIpc) is 3.44. The van der Waals surface area contributed by atoms with Crippen molar-refractivity contribution in [2.45, 2.75) is 25.4 Å². The van der Waals surface area contributed by atoms with Gasteiger partial charge >= 0.3 is 0 Å². The van der Waals surface area contributed by atoms with Crippen LogP contribution in [0.2, 0.25) is 0 Å². The van der Waals surface area contributed by atoms with Crippen LogP contribution in [0.25, 0.3) is 11.4 Å². The zero-order chi connectivity index (χ0) is 20.8. The molecule has 30 heavy (non-hydrogen) atoms. The van der Waals surface area contributed by atoms with E-state index >= 15 is 0 Å². The van der Waals surface area contributed by atoms with Gasteiger partial charge in [0.1, 0.15) is 5.69 Å². The maximum Gasteiger partial charge on any atom is 0.227 e. The smallest absolute Gasteiger partial charge is 0.227 e. The van der Waals surface area contributed by atoms with Crippen molar-refractivity contribution in [1.82, 2.24) is 19.9 Å². The summed E-state index contributed by atoms with van der Waals surface area (Å²) in [6.45, 7) is 4.48. The number of thiazole rings is 1. The molecule has 7 nitrogen and oxygen atoms in total. The number of nitrogens with one attached hydrogen (secondary N) is 1. The molecule has 1 N–H and O–H groups in total. The van der Waals surface area contributed by atoms with Gasteiger partial charge in [0.15, 0.2) is 5.13 Å². The number of hydrogen-bond acceptors (Lipinski definition) is 8. The van der Waals surface area contributed by atoms with Crippen molar-refractivity contribution in [3.63, 3.8) is 0 Å². The van der Waals surface area contributed by atoms with E-state index in [1.165, 1.54) is 17.7 Å². The number of likely N-dealkylation sites (tertiary alicyclic amines) is 1. The second-order valence-electron chi connectivity index (χ2n) is 8.44. The fourth-order valence-corrected chi connectivity index (χ4v) is 5.25. The van der Waals surface area contributed by atoms with Gasteiger partial charge in [-0.15, -0.1) is 11.3 Å². The molecule has 0 radical (unpaired) electrons. The van der Waals surface area contributed by atoms with Gasteiger partial charge in [-0.05, 0) is 50.2 Å². The van der Waals surface area contributed by atoms with Gasteiger partial charge in [0.25, 0.3) is 0 Å². The molecule has 2 bridgehead atoms. The van der Waals surface area contributed by atoms with Crippen molar-refractivity contribution < 1.29 is 0 Å². The SMILES string of the molecule is Cc1cc(Nc2nccc(-c3csc(N(C)C)n3)n2)ccc1N1CC2CC1CN2C. The highest BCUT2D eigenvalue weighted by atomic mass is 32.1. The molecule has 4 heterocycles. The van der Waals surface area contributed by atoms with Gasteiger partial charge in [-0.3, -0.25) is 4.90 Å². The molecule has 2 saturated heterocycles. The summed E-state index contributed by atoms with van der Waals surface area (Å²) in [7, 11) is 6.23. The molecule has 2 fully saturated rings. The number of aryl methyl sites for hydroxylation is 1. The normalized spacial score (nSPS) is 20.7. The largest absolute Gasteiger partial charge is 0.365 e. The van der Waals surface area contributed by atoms with E-state index in [2.05, 4.69) is 62.2 Å². The highest BCUT2D eigenvalue weighted by molar-refractivity contribution is 7.14. The molecule has 0 amide bonds. The van der Waals surface area contributed by atoms with E-state index in [1.807, 2.05) is 30.4 Å². The first-order valence-electron chi connectivity index (χ1n) is 10.3. The van der Waals surface area contributed by atoms with Crippen molar-refractivity contribution >= 4 is 33.8 Å². The van der Waals surface area contributed by atoms with Crippen LogP contribution in [-0.2, 0) is 0 Å². The van der Waals surface area contributed by atoms with Crippen LogP contribution in [-0.4, -0.2) is 66.2 Å². The topological polar surface area (TPSA) is 60.4 Å². The standard InChI is InChI=1S/C22H27N7S/c1-14-9-15(5-6-20(14)29-12-16-10-17(29)11-28(16)4)24-21-23-8-7-18(25-21)19-13-30-22(26-19)27(2)3/h5-9,13,16-17H,10-12H2,1-4H3,(H,23,24,25). The number of aromatic nitrogens is 3. The van der Waals surface area contributed by atoms with Gasteiger partial charge in [0.05, 0.1) is 5.69 Å². The van der Waals surface area contributed by atoms with E-state index in [4.69, 9.17) is 0 Å². The zero-order valence-electron chi connectivity index (χ0n) is 17.8. The van der Waals surface area contributed by atoms with Crippen molar-refractivity contribution in [3.05, 3.63) is 41.4 Å². The minimum Gasteiger partial charge on any atom is -0.365 e. The third kappa shape index (κ3) is 3.50. The summed E-state index contributed by atoms with van der Waals surface area (Å²) in [6, 6.07) is 9.78. The van der Waals surface area contributed by atoms with Crippen LogP contribution in [0.5, 0.6) is 0 Å². The summed E-state index contributed by atoms with van der Waals surface area (Å²) in [4.78, 5) is 20.8. The third-order valence-corrected chi connectivity index (χ3v) is 7.08. The summed E-state index contributed by atoms with van der Waals surface area (Å²) >= 11 is 1.61. The van der Waals surface area contributed by atoms with E-state index in [0.29, 0.717) is 18.0 Å². The van der Waals surface area contributed by atoms with E-state index in [-0.39, 0.29) is 0 Å². The second kappa shape index (κ2) is 7.52. The zero-order valence-corrected chi connectivity index (χ0v) is 18.6. The summed E-state index contributed by atoms with van der Waals surface area (Å²) in [5.74, 6) is 0.584. The number of rotatable bonds is 5. The summed E-state index contributed by atoms with van der Waals surface area (Å²) in [5, 5.41) is 6.35. The van der Waals surface area contributed by atoms with Gasteiger partial charge in [0.2, 0.25) is 5.95 Å². The molecule has 156 valence electrons. The first-order chi connectivity index (χ1) is 14.5. The Morgan fingerprint density at radius 2 is 1.97 bits per heavy atom. The monoisotopic (exact) mass is 421 g/mol. The minimum absolute atomic E-state index is 0.584. The van der Waals surface area contributed by atoms with Crippen molar-refractivity contribution in [3.8, 4) is 11.4 Å². The van der Waals surface area contributed by atoms with Gasteiger partial charge in [0, 0.05) is 62.2 Å². The number of hydrogen-bond donors (Lipinski definition) is 1. The van der Waals surface area contributed by atoms with Crippen LogP contribution in [0.15, 0.2) is 35.8 Å². The molecule has 5 rings (SSSR count). The predicted molar refractivity (Wildman–Crippen MR) is 124 cm³/mol. The first kappa shape index (κ1) is 19.3. The highest BCUT2D eigenvalue weighted by Crippen LogP contribution is 2.36. The Morgan fingerprint density at radius 3 is 2.63 bits per heavy atom. The Morgan fingerprint density at radius 1 is 1.10 bits per heavy atom. The molecule has 2 aromatic heterocycles. The number of benzene rings is 1. The van der Waals surface area contributed by atoms with Crippen LogP contribution in [0, 0.1) is 6.92 Å². The molecule has 3 aromatic rings. The fraction of sp³-hybridized carbons (Fsp3) is 0.409. The van der Waals surface area contributed by atoms with Gasteiger partial charge in [-0.25, -0.2) is 15.0 Å². The Kier molecular flexibility index (Phi) is 4.83. The van der Waals surface area contributed by atoms with E-state index in [9.17, 15) is 0 Å². The predicted octanol–water partition coefficient (Wildman–Crippen LogP) is 3.61. The van der Waals surface area contributed by atoms with Crippen LogP contribution in [0.3, 0.4) is 0 Å². The van der Waals surface area contributed by atoms with Gasteiger partial charge < -0.3 is 15.1 Å². The van der Waals surface area contributed by atoms with Gasteiger partial charge in [-0.1, -0.05) is 0 Å². The lowest BCUT2D eigenvalue weighted by Gasteiger charge is -2.34. The molecule has 2 atom stereocenters. The van der Waals surface area contributed by atoms with E-state index < -0.39 is 0 Å². The maximum absolute atomic E-state index is 4.67. The van der Waals surface area contributed by atoms with Crippen LogP contribution in [0.1, 0.15) is 12.0 Å². The number of fused-ring (bicyclic) bond motifs is 2. The second-order valence-corrected chi connectivity index (χ2v) is 9.27. The number of nitrogens with zero attached hydrogens (tertiary/aromatic N) is 6. The number of likely N-dealkylation sites (N-methyl/N-ethyl adjacent to an activating group) is 1. The quantitative estimate of drug-likeness (QED) is 0.675. The Balaban J connectivity index is 1.33. The van der Waals surface area contributed by atoms with Crippen LogP contribution < -0.4 is 15.1 Å². The molecule has 2 aliphatic rings. The molecule has 1 aromatic carbocycles. The lowest BCUT2D eigenvalue weighted by Crippen LogP contribution is -2.44. The molecule has 0 aliphatic carbocycles. The van der Waals surface area contributed by atoms with Gasteiger partial charge in [-0.2, -0.15) is 0 Å². The lowest BCUT2D eigenvalue weighted by molar-refractivity contribution is 0.292. The maximum atomic E-state index is 4.67. The van der Waals surface area contributed by atoms with Crippen LogP contribution >= 0.6 is 11.3 Å². The molecular weight excluding hydrogens is 394 g/mol. The molecule has 0 spiro atoms. The molecule has 2 unspecified atom stereocenters. The lowest BCUT2D eigenvalue weighted by atomic mass is 10.1. The average molecular weight is 422 g/mol. The molecule has 2 aliphatic heterocycles. The Bertz CT molecular complexity index is 1060. The van der Waals surface area contributed by atoms with Crippen molar-refractivity contribution in [2.75, 3.05) is 49.3 Å².